The molecule has 0 saturated carbocycles. The highest BCUT2D eigenvalue weighted by atomic mass is 32.2. The van der Waals surface area contributed by atoms with Gasteiger partial charge in [0, 0.05) is 6.07 Å². The van der Waals surface area contributed by atoms with Gasteiger partial charge in [0.2, 0.25) is 0 Å². The lowest BCUT2D eigenvalue weighted by Crippen LogP contribution is -2.31. The van der Waals surface area contributed by atoms with E-state index in [1.54, 1.807) is 0 Å². The number of benzene rings is 2. The van der Waals surface area contributed by atoms with Crippen LogP contribution >= 0.6 is 0 Å². The lowest BCUT2D eigenvalue weighted by atomic mass is 10.1. The number of hydrogen-bond acceptors (Lipinski definition) is 7. The molecule has 2 aromatic rings. The largest absolute Gasteiger partial charge is 0.506 e. The quantitative estimate of drug-likeness (QED) is 0.397. The molecule has 0 spiro atoms. The maximum absolute atomic E-state index is 11.9. The number of phenols is 1. The van der Waals surface area contributed by atoms with E-state index in [4.69, 9.17) is 0 Å². The van der Waals surface area contributed by atoms with Gasteiger partial charge in [-0.1, -0.05) is 37.3 Å². The van der Waals surface area contributed by atoms with Gasteiger partial charge < -0.3 is 10.4 Å². The summed E-state index contributed by atoms with van der Waals surface area (Å²) >= 11 is 0. The summed E-state index contributed by atoms with van der Waals surface area (Å²) < 4.78 is 29.6. The van der Waals surface area contributed by atoms with Crippen molar-refractivity contribution in [1.29, 1.82) is 0 Å². The van der Waals surface area contributed by atoms with Crippen LogP contribution in [0.3, 0.4) is 0 Å². The molecular weight excluding hydrogens is 386 g/mol. The highest BCUT2D eigenvalue weighted by molar-refractivity contribution is 7.89. The molecule has 0 aromatic heterocycles. The third kappa shape index (κ3) is 4.26. The first-order valence-corrected chi connectivity index (χ1v) is 9.73. The van der Waals surface area contributed by atoms with Crippen LogP contribution in [0.4, 0.5) is 11.4 Å². The first kappa shape index (κ1) is 19.3. The number of non-ortho nitro benzene ring substituents is 1. The van der Waals surface area contributed by atoms with E-state index < -0.39 is 20.9 Å². The predicted octanol–water partition coefficient (Wildman–Crippen LogP) is 2.51. The zero-order chi connectivity index (χ0) is 20.3. The van der Waals surface area contributed by atoms with Gasteiger partial charge in [-0.05, 0) is 18.1 Å². The molecule has 0 saturated heterocycles. The molecule has 0 fully saturated rings. The van der Waals surface area contributed by atoms with E-state index in [2.05, 4.69) is 19.4 Å². The van der Waals surface area contributed by atoms with Crippen molar-refractivity contribution >= 4 is 33.3 Å². The summed E-state index contributed by atoms with van der Waals surface area (Å²) in [7, 11) is -3.98. The van der Waals surface area contributed by atoms with E-state index in [9.17, 15) is 23.6 Å². The highest BCUT2D eigenvalue weighted by Gasteiger charge is 2.28. The molecule has 11 heteroatoms. The normalized spacial score (nSPS) is 17.6. The summed E-state index contributed by atoms with van der Waals surface area (Å²) in [5.41, 5.74) is 0.663. The Bertz CT molecular complexity index is 1070. The zero-order valence-corrected chi connectivity index (χ0v) is 15.5. The summed E-state index contributed by atoms with van der Waals surface area (Å²) in [6.07, 6.45) is 0.616. The maximum atomic E-state index is 11.9. The van der Waals surface area contributed by atoms with Crippen LogP contribution < -0.4 is 10.0 Å². The fraction of sp³-hybridized carbons (Fsp3) is 0.176. The molecule has 28 heavy (non-hydrogen) atoms. The second-order valence-electron chi connectivity index (χ2n) is 5.91. The monoisotopic (exact) mass is 403 g/mol. The molecule has 0 amide bonds. The van der Waals surface area contributed by atoms with Crippen molar-refractivity contribution in [2.45, 2.75) is 19.4 Å². The second-order valence-corrected chi connectivity index (χ2v) is 7.25. The van der Waals surface area contributed by atoms with Crippen LogP contribution in [0.15, 0.2) is 57.9 Å². The van der Waals surface area contributed by atoms with Crippen LogP contribution in [-0.4, -0.2) is 30.1 Å². The van der Waals surface area contributed by atoms with Gasteiger partial charge in [-0.3, -0.25) is 15.1 Å². The number of nitro groups is 1. The molecular formula is C17H17N5O5S. The number of phenolic OH excluding ortho intramolecular Hbond substituents is 1. The van der Waals surface area contributed by atoms with E-state index >= 15 is 0 Å². The molecule has 2 aromatic carbocycles. The minimum atomic E-state index is -3.98. The van der Waals surface area contributed by atoms with Gasteiger partial charge >= 0.3 is 10.2 Å². The molecule has 0 unspecified atom stereocenters. The minimum Gasteiger partial charge on any atom is -0.506 e. The first-order valence-electron chi connectivity index (χ1n) is 8.29. The van der Waals surface area contributed by atoms with Crippen molar-refractivity contribution in [3.05, 3.63) is 64.2 Å². The van der Waals surface area contributed by atoms with E-state index in [-0.39, 0.29) is 29.1 Å². The van der Waals surface area contributed by atoms with Crippen molar-refractivity contribution in [2.24, 2.45) is 9.39 Å². The Morgan fingerprint density at radius 2 is 2.00 bits per heavy atom. The van der Waals surface area contributed by atoms with Crippen LogP contribution in [0.25, 0.3) is 0 Å². The molecule has 3 N–H and O–H groups in total. The van der Waals surface area contributed by atoms with Crippen molar-refractivity contribution in [3.63, 3.8) is 0 Å². The predicted molar refractivity (Wildman–Crippen MR) is 105 cm³/mol. The van der Waals surface area contributed by atoms with Crippen LogP contribution in [0.5, 0.6) is 5.75 Å². The summed E-state index contributed by atoms with van der Waals surface area (Å²) in [5.74, 6) is -0.539. The molecule has 1 atom stereocenters. The Balaban J connectivity index is 1.93. The van der Waals surface area contributed by atoms with E-state index in [1.165, 1.54) is 12.1 Å². The van der Waals surface area contributed by atoms with Crippen LogP contribution in [0, 0.1) is 10.1 Å². The molecule has 1 heterocycles. The van der Waals surface area contributed by atoms with Crippen LogP contribution in [0.2, 0.25) is 0 Å². The van der Waals surface area contributed by atoms with Crippen molar-refractivity contribution in [1.82, 2.24) is 4.72 Å². The fourth-order valence-corrected chi connectivity index (χ4v) is 3.44. The van der Waals surface area contributed by atoms with Crippen molar-refractivity contribution < 1.29 is 18.4 Å². The summed E-state index contributed by atoms with van der Waals surface area (Å²) in [6.45, 7) is 1.91. The molecule has 3 rings (SSSR count). The lowest BCUT2D eigenvalue weighted by molar-refractivity contribution is -0.384. The Morgan fingerprint density at radius 1 is 1.29 bits per heavy atom. The summed E-state index contributed by atoms with van der Waals surface area (Å²) in [4.78, 5) is 14.6. The zero-order valence-electron chi connectivity index (χ0n) is 14.7. The number of hydrogen-bond donors (Lipinski definition) is 3. The number of nitrogens with zero attached hydrogens (tertiary/aromatic N) is 3. The Kier molecular flexibility index (Phi) is 5.27. The number of amidine groups is 2. The summed E-state index contributed by atoms with van der Waals surface area (Å²) in [6, 6.07) is 12.4. The van der Waals surface area contributed by atoms with Gasteiger partial charge in [0.1, 0.15) is 5.75 Å². The van der Waals surface area contributed by atoms with Crippen molar-refractivity contribution in [3.8, 4) is 5.75 Å². The average Bonchev–Trinajstić information content (AvgIpc) is 2.95. The van der Waals surface area contributed by atoms with E-state index in [0.29, 0.717) is 6.42 Å². The Morgan fingerprint density at radius 3 is 2.61 bits per heavy atom. The van der Waals surface area contributed by atoms with Gasteiger partial charge in [-0.25, -0.2) is 4.72 Å². The van der Waals surface area contributed by atoms with Crippen LogP contribution in [0.1, 0.15) is 24.9 Å². The van der Waals surface area contributed by atoms with Gasteiger partial charge in [0.05, 0.1) is 22.7 Å². The van der Waals surface area contributed by atoms with Gasteiger partial charge in [0.25, 0.3) is 5.69 Å². The number of aromatic hydroxyl groups is 1. The maximum Gasteiger partial charge on any atom is 0.345 e. The molecule has 10 nitrogen and oxygen atoms in total. The van der Waals surface area contributed by atoms with Gasteiger partial charge in [0.15, 0.2) is 11.7 Å². The Labute approximate surface area is 161 Å². The molecule has 0 aliphatic carbocycles. The molecule has 1 aliphatic heterocycles. The second kappa shape index (κ2) is 7.64. The number of anilines is 1. The molecule has 0 radical (unpaired) electrons. The summed E-state index contributed by atoms with van der Waals surface area (Å²) in [5, 5.41) is 23.4. The lowest BCUT2D eigenvalue weighted by Gasteiger charge is -2.13. The van der Waals surface area contributed by atoms with Crippen LogP contribution in [-0.2, 0) is 10.2 Å². The number of aliphatic imine (C=N–C) groups is 1. The Hall–Kier alpha value is -3.47. The highest BCUT2D eigenvalue weighted by Crippen LogP contribution is 2.29. The average molecular weight is 403 g/mol. The number of rotatable bonds is 5. The molecule has 0 bridgehead atoms. The van der Waals surface area contributed by atoms with Gasteiger partial charge in [-0.15, -0.1) is 4.40 Å². The fourth-order valence-electron chi connectivity index (χ4n) is 2.63. The van der Waals surface area contributed by atoms with E-state index in [0.717, 1.165) is 11.6 Å². The standard InChI is InChI=1S/C17H17N5O5S/c1-2-13(11-6-4-3-5-7-11)18-16-17(21-28(26,27)20-16)19-14-9-8-12(22(24)25)10-15(14)23/h3-10,13,23H,2H2,1H3,(H,18,20)(H,19,21)/t13-/m1/s1. The molecule has 146 valence electrons. The molecule has 1 aliphatic rings. The smallest absolute Gasteiger partial charge is 0.345 e. The third-order valence-electron chi connectivity index (χ3n) is 3.96. The minimum absolute atomic E-state index is 0.00606. The number of nitro benzene ring substituents is 1. The topological polar surface area (TPSA) is 146 Å². The van der Waals surface area contributed by atoms with Gasteiger partial charge in [-0.2, -0.15) is 8.42 Å². The third-order valence-corrected chi connectivity index (χ3v) is 4.84. The first-order chi connectivity index (χ1) is 13.3. The van der Waals surface area contributed by atoms with E-state index in [1.807, 2.05) is 37.3 Å². The SMILES string of the molecule is CC[C@@H](N=C1NS(=O)(=O)N=C1Nc1ccc([N+](=O)[O-])cc1O)c1ccccc1. The van der Waals surface area contributed by atoms with Crippen molar-refractivity contribution in [2.75, 3.05) is 5.32 Å². The number of nitrogens with one attached hydrogen (secondary N) is 2.